The second-order valence-corrected chi connectivity index (χ2v) is 8.06. The molecule has 8 nitrogen and oxygen atoms in total. The zero-order valence-electron chi connectivity index (χ0n) is 18.3. The number of pyridine rings is 1. The third-order valence-corrected chi connectivity index (χ3v) is 5.68. The summed E-state index contributed by atoms with van der Waals surface area (Å²) in [6.45, 7) is 4.18. The van der Waals surface area contributed by atoms with Crippen LogP contribution in [0.15, 0.2) is 30.5 Å². The fourth-order valence-electron chi connectivity index (χ4n) is 4.02. The normalized spacial score (nSPS) is 14.7. The van der Waals surface area contributed by atoms with Crippen molar-refractivity contribution in [2.24, 2.45) is 5.73 Å². The molecular formula is C22H23F3N6O2. The summed E-state index contributed by atoms with van der Waals surface area (Å²) in [6, 6.07) is 5.15. The summed E-state index contributed by atoms with van der Waals surface area (Å²) in [5, 5.41) is 3.20. The Labute approximate surface area is 188 Å². The van der Waals surface area contributed by atoms with Gasteiger partial charge in [0.1, 0.15) is 17.3 Å². The van der Waals surface area contributed by atoms with Gasteiger partial charge >= 0.3 is 0 Å². The Morgan fingerprint density at radius 2 is 1.91 bits per heavy atom. The number of carbonyl (C=O) groups excluding carboxylic acids is 1. The van der Waals surface area contributed by atoms with Crippen LogP contribution in [0.25, 0.3) is 11.3 Å². The van der Waals surface area contributed by atoms with E-state index in [4.69, 9.17) is 10.5 Å². The number of anilines is 2. The van der Waals surface area contributed by atoms with Crippen LogP contribution in [0.1, 0.15) is 19.7 Å². The number of imidazole rings is 1. The van der Waals surface area contributed by atoms with Crippen LogP contribution in [0.2, 0.25) is 0 Å². The zero-order chi connectivity index (χ0) is 23.9. The van der Waals surface area contributed by atoms with Crippen molar-refractivity contribution in [3.8, 4) is 17.1 Å². The number of ether oxygens (including phenoxy) is 1. The number of hydrogen-bond acceptors (Lipinski definition) is 6. The Bertz CT molecular complexity index is 1190. The van der Waals surface area contributed by atoms with Gasteiger partial charge in [-0.05, 0) is 32.0 Å². The topological polar surface area (TPSA) is 98.3 Å². The summed E-state index contributed by atoms with van der Waals surface area (Å²) in [4.78, 5) is 22.8. The van der Waals surface area contributed by atoms with Crippen molar-refractivity contribution in [2.45, 2.75) is 25.9 Å². The van der Waals surface area contributed by atoms with Gasteiger partial charge in [0.05, 0.1) is 31.1 Å². The van der Waals surface area contributed by atoms with Crippen LogP contribution in [0.3, 0.4) is 0 Å². The summed E-state index contributed by atoms with van der Waals surface area (Å²) in [5.41, 5.74) is 5.53. The Balaban J connectivity index is 1.88. The number of halogens is 3. The fraction of sp³-hybridized carbons (Fsp3) is 0.318. The first-order chi connectivity index (χ1) is 15.7. The van der Waals surface area contributed by atoms with Crippen molar-refractivity contribution >= 4 is 17.4 Å². The van der Waals surface area contributed by atoms with E-state index in [1.807, 2.05) is 18.4 Å². The molecule has 174 valence electrons. The number of nitrogens with one attached hydrogen (secondary N) is 1. The van der Waals surface area contributed by atoms with Crippen molar-refractivity contribution < 1.29 is 22.7 Å². The van der Waals surface area contributed by atoms with E-state index in [0.717, 1.165) is 12.1 Å². The van der Waals surface area contributed by atoms with Crippen molar-refractivity contribution in [3.63, 3.8) is 0 Å². The minimum Gasteiger partial charge on any atom is -0.481 e. The van der Waals surface area contributed by atoms with Crippen LogP contribution in [-0.2, 0) is 16.9 Å². The molecule has 0 saturated heterocycles. The molecule has 0 unspecified atom stereocenters. The molecule has 3 aromatic rings. The summed E-state index contributed by atoms with van der Waals surface area (Å²) in [7, 11) is 1.50. The van der Waals surface area contributed by atoms with Crippen molar-refractivity contribution in [1.82, 2.24) is 19.4 Å². The molecule has 33 heavy (non-hydrogen) atoms. The number of methoxy groups -OCH3 is 1. The first-order valence-corrected chi connectivity index (χ1v) is 10.2. The SMILES string of the molecule is COc1ccc(Nc2c(-c3cc(F)c(F)c(F)c3)nc3n2CCN(C(=O)CN)C3(C)C)cn1. The molecule has 0 saturated carbocycles. The summed E-state index contributed by atoms with van der Waals surface area (Å²) >= 11 is 0. The van der Waals surface area contributed by atoms with Gasteiger partial charge in [-0.15, -0.1) is 0 Å². The lowest BCUT2D eigenvalue weighted by Crippen LogP contribution is -2.53. The Kier molecular flexibility index (Phi) is 5.75. The number of benzene rings is 1. The predicted octanol–water partition coefficient (Wildman–Crippen LogP) is 3.15. The van der Waals surface area contributed by atoms with Gasteiger partial charge in [-0.2, -0.15) is 0 Å². The number of hydrogen-bond donors (Lipinski definition) is 2. The maximum atomic E-state index is 14.1. The lowest BCUT2D eigenvalue weighted by atomic mass is 9.99. The molecule has 0 radical (unpaired) electrons. The van der Waals surface area contributed by atoms with Gasteiger partial charge in [0, 0.05) is 24.7 Å². The third-order valence-electron chi connectivity index (χ3n) is 5.68. The largest absolute Gasteiger partial charge is 0.481 e. The molecule has 0 fully saturated rings. The highest BCUT2D eigenvalue weighted by molar-refractivity contribution is 5.80. The molecule has 4 rings (SSSR count). The van der Waals surface area contributed by atoms with Crippen LogP contribution in [0, 0.1) is 17.5 Å². The van der Waals surface area contributed by atoms with E-state index in [9.17, 15) is 18.0 Å². The van der Waals surface area contributed by atoms with E-state index >= 15 is 0 Å². The number of carbonyl (C=O) groups is 1. The van der Waals surface area contributed by atoms with E-state index in [0.29, 0.717) is 36.3 Å². The number of rotatable bonds is 5. The molecule has 1 aliphatic heterocycles. The molecule has 11 heteroatoms. The van der Waals surface area contributed by atoms with Crippen LogP contribution < -0.4 is 15.8 Å². The van der Waals surface area contributed by atoms with Gasteiger partial charge in [0.2, 0.25) is 11.8 Å². The molecule has 3 N–H and O–H groups in total. The van der Waals surface area contributed by atoms with Gasteiger partial charge in [-0.3, -0.25) is 4.79 Å². The van der Waals surface area contributed by atoms with Gasteiger partial charge in [0.25, 0.3) is 0 Å². The van der Waals surface area contributed by atoms with E-state index in [1.165, 1.54) is 13.3 Å². The van der Waals surface area contributed by atoms with Crippen molar-refractivity contribution in [1.29, 1.82) is 0 Å². The smallest absolute Gasteiger partial charge is 0.237 e. The second kappa shape index (κ2) is 8.39. The number of fused-ring (bicyclic) bond motifs is 1. The van der Waals surface area contributed by atoms with Crippen molar-refractivity contribution in [2.75, 3.05) is 25.5 Å². The van der Waals surface area contributed by atoms with Gasteiger partial charge in [0.15, 0.2) is 17.5 Å². The number of nitrogens with zero attached hydrogens (tertiary/aromatic N) is 4. The number of nitrogens with two attached hydrogens (primary N) is 1. The molecule has 1 aromatic carbocycles. The van der Waals surface area contributed by atoms with Crippen LogP contribution in [0.4, 0.5) is 24.7 Å². The maximum Gasteiger partial charge on any atom is 0.237 e. The van der Waals surface area contributed by atoms with E-state index in [1.54, 1.807) is 17.0 Å². The lowest BCUT2D eigenvalue weighted by Gasteiger charge is -2.42. The molecular weight excluding hydrogens is 437 g/mol. The molecule has 0 aliphatic carbocycles. The van der Waals surface area contributed by atoms with E-state index in [2.05, 4.69) is 15.3 Å². The van der Waals surface area contributed by atoms with E-state index in [-0.39, 0.29) is 23.7 Å². The van der Waals surface area contributed by atoms with Crippen molar-refractivity contribution in [3.05, 3.63) is 53.7 Å². The maximum absolute atomic E-state index is 14.1. The minimum absolute atomic E-state index is 0.0461. The molecule has 2 aromatic heterocycles. The first-order valence-electron chi connectivity index (χ1n) is 10.2. The summed E-state index contributed by atoms with van der Waals surface area (Å²) in [6.07, 6.45) is 1.53. The monoisotopic (exact) mass is 460 g/mol. The minimum atomic E-state index is -1.56. The van der Waals surface area contributed by atoms with Gasteiger partial charge in [-0.25, -0.2) is 23.1 Å². The van der Waals surface area contributed by atoms with Gasteiger partial charge < -0.3 is 25.3 Å². The molecule has 0 spiro atoms. The van der Waals surface area contributed by atoms with E-state index < -0.39 is 23.0 Å². The second-order valence-electron chi connectivity index (χ2n) is 8.06. The van der Waals surface area contributed by atoms with Crippen LogP contribution >= 0.6 is 0 Å². The Hall–Kier alpha value is -3.60. The molecule has 0 atom stereocenters. The Morgan fingerprint density at radius 1 is 1.21 bits per heavy atom. The van der Waals surface area contributed by atoms with Crippen LogP contribution in [0.5, 0.6) is 5.88 Å². The highest BCUT2D eigenvalue weighted by atomic mass is 19.2. The average molecular weight is 460 g/mol. The number of amides is 1. The molecule has 1 amide bonds. The standard InChI is InChI=1S/C22H23F3N6O2/c1-22(2)21-29-19(12-8-14(23)18(25)15(24)9-12)20(28-13-4-5-16(33-3)27-11-13)30(21)6-7-31(22)17(32)10-26/h4-5,8-9,11,28H,6-7,10,26H2,1-3H3. The predicted molar refractivity (Wildman–Crippen MR) is 115 cm³/mol. The van der Waals surface area contributed by atoms with Crippen LogP contribution in [-0.4, -0.2) is 45.5 Å². The summed E-state index contributed by atoms with van der Waals surface area (Å²) in [5.74, 6) is -3.13. The molecule has 3 heterocycles. The highest BCUT2D eigenvalue weighted by Crippen LogP contribution is 2.40. The third kappa shape index (κ3) is 3.88. The Morgan fingerprint density at radius 3 is 2.48 bits per heavy atom. The number of aromatic nitrogens is 3. The van der Waals surface area contributed by atoms with Gasteiger partial charge in [-0.1, -0.05) is 0 Å². The fourth-order valence-corrected chi connectivity index (χ4v) is 4.02. The quantitative estimate of drug-likeness (QED) is 0.568. The first kappa shape index (κ1) is 22.6. The highest BCUT2D eigenvalue weighted by Gasteiger charge is 2.41. The lowest BCUT2D eigenvalue weighted by molar-refractivity contribution is -0.137. The summed E-state index contributed by atoms with van der Waals surface area (Å²) < 4.78 is 48.6. The zero-order valence-corrected chi connectivity index (χ0v) is 18.3. The average Bonchev–Trinajstić information content (AvgIpc) is 3.17. The molecule has 1 aliphatic rings. The molecule has 0 bridgehead atoms.